The van der Waals surface area contributed by atoms with Gasteiger partial charge in [-0.15, -0.1) is 0 Å². The van der Waals surface area contributed by atoms with Crippen LogP contribution in [0.25, 0.3) is 0 Å². The maximum Gasteiger partial charge on any atom is 0.307 e. The second-order valence-corrected chi connectivity index (χ2v) is 8.28. The number of carbonyl (C=O) groups excluding carboxylic acids is 3. The summed E-state index contributed by atoms with van der Waals surface area (Å²) < 4.78 is 5.63. The van der Waals surface area contributed by atoms with Gasteiger partial charge in [0.15, 0.2) is 0 Å². The van der Waals surface area contributed by atoms with Crippen LogP contribution in [-0.4, -0.2) is 41.4 Å². The lowest BCUT2D eigenvalue weighted by Crippen LogP contribution is -2.43. The first-order chi connectivity index (χ1) is 13.6. The van der Waals surface area contributed by atoms with Crippen molar-refractivity contribution < 1.29 is 19.1 Å². The molecule has 0 radical (unpaired) electrons. The standard InChI is InChI=1S/C22H28N2O4/c25-19-15-18(22(28-19)11-3-1-4-12-22)20(26)23-17-9-7-16(8-10-17)21(27)24-13-5-2-6-14-24/h7-10,18H,1-6,11-15H2,(H,23,26)/t18-/m1/s1. The Morgan fingerprint density at radius 3 is 2.29 bits per heavy atom. The van der Waals surface area contributed by atoms with Crippen LogP contribution >= 0.6 is 0 Å². The summed E-state index contributed by atoms with van der Waals surface area (Å²) in [6, 6.07) is 7.05. The van der Waals surface area contributed by atoms with E-state index in [-0.39, 0.29) is 24.2 Å². The summed E-state index contributed by atoms with van der Waals surface area (Å²) in [7, 11) is 0. The molecule has 2 heterocycles. The molecule has 28 heavy (non-hydrogen) atoms. The molecule has 1 aliphatic carbocycles. The molecule has 2 aliphatic heterocycles. The lowest BCUT2D eigenvalue weighted by Gasteiger charge is -2.36. The minimum Gasteiger partial charge on any atom is -0.458 e. The first-order valence-electron chi connectivity index (χ1n) is 10.5. The van der Waals surface area contributed by atoms with E-state index < -0.39 is 11.5 Å². The molecular weight excluding hydrogens is 356 g/mol. The number of nitrogens with zero attached hydrogens (tertiary/aromatic N) is 1. The summed E-state index contributed by atoms with van der Waals surface area (Å²) in [5, 5.41) is 2.93. The molecule has 6 nitrogen and oxygen atoms in total. The second-order valence-electron chi connectivity index (χ2n) is 8.28. The average molecular weight is 384 g/mol. The highest BCUT2D eigenvalue weighted by Crippen LogP contribution is 2.44. The zero-order chi connectivity index (χ0) is 19.6. The molecule has 1 atom stereocenters. The highest BCUT2D eigenvalue weighted by Gasteiger charge is 2.52. The minimum atomic E-state index is -0.621. The van der Waals surface area contributed by atoms with E-state index in [0.717, 1.165) is 58.0 Å². The molecule has 4 rings (SSSR count). The highest BCUT2D eigenvalue weighted by molar-refractivity contribution is 5.98. The molecule has 2 amide bonds. The Balaban J connectivity index is 1.41. The number of hydrogen-bond acceptors (Lipinski definition) is 4. The highest BCUT2D eigenvalue weighted by atomic mass is 16.6. The van der Waals surface area contributed by atoms with Gasteiger partial charge in [0.1, 0.15) is 5.60 Å². The fourth-order valence-corrected chi connectivity index (χ4v) is 4.83. The van der Waals surface area contributed by atoms with Gasteiger partial charge in [-0.25, -0.2) is 0 Å². The van der Waals surface area contributed by atoms with Crippen molar-refractivity contribution in [2.24, 2.45) is 5.92 Å². The van der Waals surface area contributed by atoms with Crippen LogP contribution in [0.4, 0.5) is 5.69 Å². The van der Waals surface area contributed by atoms with E-state index in [4.69, 9.17) is 4.74 Å². The number of esters is 1. The zero-order valence-electron chi connectivity index (χ0n) is 16.2. The largest absolute Gasteiger partial charge is 0.458 e. The van der Waals surface area contributed by atoms with E-state index in [0.29, 0.717) is 11.3 Å². The second kappa shape index (κ2) is 7.94. The van der Waals surface area contributed by atoms with Crippen molar-refractivity contribution in [2.75, 3.05) is 18.4 Å². The summed E-state index contributed by atoms with van der Waals surface area (Å²) in [4.78, 5) is 39.3. The number of piperidine rings is 1. The van der Waals surface area contributed by atoms with Crippen LogP contribution in [-0.2, 0) is 14.3 Å². The van der Waals surface area contributed by atoms with Gasteiger partial charge in [-0.3, -0.25) is 14.4 Å². The van der Waals surface area contributed by atoms with Gasteiger partial charge in [-0.1, -0.05) is 6.42 Å². The van der Waals surface area contributed by atoms with Crippen molar-refractivity contribution in [2.45, 2.75) is 63.4 Å². The van der Waals surface area contributed by atoms with Crippen LogP contribution < -0.4 is 5.32 Å². The van der Waals surface area contributed by atoms with Gasteiger partial charge in [0.25, 0.3) is 5.91 Å². The molecule has 0 unspecified atom stereocenters. The van der Waals surface area contributed by atoms with Gasteiger partial charge >= 0.3 is 5.97 Å². The van der Waals surface area contributed by atoms with Crippen molar-refractivity contribution >= 4 is 23.5 Å². The van der Waals surface area contributed by atoms with Crippen LogP contribution in [0.1, 0.15) is 68.1 Å². The molecule has 1 spiro atoms. The summed E-state index contributed by atoms with van der Waals surface area (Å²) in [5.41, 5.74) is 0.664. The number of amides is 2. The normalized spacial score (nSPS) is 24.1. The van der Waals surface area contributed by atoms with Gasteiger partial charge < -0.3 is 15.0 Å². The fourth-order valence-electron chi connectivity index (χ4n) is 4.83. The van der Waals surface area contributed by atoms with Crippen molar-refractivity contribution in [1.82, 2.24) is 4.90 Å². The number of rotatable bonds is 3. The third-order valence-electron chi connectivity index (χ3n) is 6.38. The minimum absolute atomic E-state index is 0.0496. The quantitative estimate of drug-likeness (QED) is 0.809. The van der Waals surface area contributed by atoms with E-state index in [1.54, 1.807) is 24.3 Å². The molecule has 0 aromatic heterocycles. The predicted molar refractivity (Wildman–Crippen MR) is 105 cm³/mol. The van der Waals surface area contributed by atoms with Crippen LogP contribution in [0.15, 0.2) is 24.3 Å². The lowest BCUT2D eigenvalue weighted by molar-refractivity contribution is -0.153. The monoisotopic (exact) mass is 384 g/mol. The lowest BCUT2D eigenvalue weighted by atomic mass is 9.75. The van der Waals surface area contributed by atoms with Crippen molar-refractivity contribution in [3.8, 4) is 0 Å². The predicted octanol–water partition coefficient (Wildman–Crippen LogP) is 3.52. The number of hydrogen-bond donors (Lipinski definition) is 1. The maximum atomic E-state index is 12.9. The van der Waals surface area contributed by atoms with Crippen LogP contribution in [0.2, 0.25) is 0 Å². The fraction of sp³-hybridized carbons (Fsp3) is 0.591. The van der Waals surface area contributed by atoms with Gasteiger partial charge in [-0.2, -0.15) is 0 Å². The molecule has 6 heteroatoms. The van der Waals surface area contributed by atoms with Gasteiger partial charge in [-0.05, 0) is 69.2 Å². The average Bonchev–Trinajstić information content (AvgIpc) is 3.04. The topological polar surface area (TPSA) is 75.7 Å². The molecule has 1 N–H and O–H groups in total. The third-order valence-corrected chi connectivity index (χ3v) is 6.38. The molecule has 1 aromatic rings. The van der Waals surface area contributed by atoms with E-state index in [2.05, 4.69) is 5.32 Å². The van der Waals surface area contributed by atoms with Crippen molar-refractivity contribution in [3.63, 3.8) is 0 Å². The Kier molecular flexibility index (Phi) is 5.38. The Bertz CT molecular complexity index is 746. The van der Waals surface area contributed by atoms with E-state index in [1.807, 2.05) is 4.90 Å². The van der Waals surface area contributed by atoms with Crippen LogP contribution in [0, 0.1) is 5.92 Å². The van der Waals surface area contributed by atoms with Gasteiger partial charge in [0.2, 0.25) is 5.91 Å². The van der Waals surface area contributed by atoms with Crippen molar-refractivity contribution in [3.05, 3.63) is 29.8 Å². The SMILES string of the molecule is O=C1C[C@H](C(=O)Nc2ccc(C(=O)N3CCCCC3)cc2)C2(CCCCC2)O1. The summed E-state index contributed by atoms with van der Waals surface area (Å²) >= 11 is 0. The smallest absolute Gasteiger partial charge is 0.307 e. The Morgan fingerprint density at radius 1 is 0.964 bits per heavy atom. The molecule has 150 valence electrons. The first-order valence-corrected chi connectivity index (χ1v) is 10.5. The Morgan fingerprint density at radius 2 is 1.61 bits per heavy atom. The maximum absolute atomic E-state index is 12.9. The summed E-state index contributed by atoms with van der Waals surface area (Å²) in [6.07, 6.45) is 8.09. The summed E-state index contributed by atoms with van der Waals surface area (Å²) in [6.45, 7) is 1.63. The summed E-state index contributed by atoms with van der Waals surface area (Å²) in [5.74, 6) is -0.823. The van der Waals surface area contributed by atoms with Gasteiger partial charge in [0, 0.05) is 24.3 Å². The number of likely N-dealkylation sites (tertiary alicyclic amines) is 1. The number of carbonyl (C=O) groups is 3. The first kappa shape index (κ1) is 19.0. The Labute approximate surface area is 165 Å². The molecule has 2 saturated heterocycles. The third kappa shape index (κ3) is 3.77. The molecule has 0 bridgehead atoms. The van der Waals surface area contributed by atoms with Gasteiger partial charge in [0.05, 0.1) is 12.3 Å². The molecular formula is C22H28N2O4. The number of benzene rings is 1. The van der Waals surface area contributed by atoms with Crippen LogP contribution in [0.3, 0.4) is 0 Å². The molecule has 1 saturated carbocycles. The van der Waals surface area contributed by atoms with E-state index >= 15 is 0 Å². The molecule has 3 aliphatic rings. The van der Waals surface area contributed by atoms with E-state index in [9.17, 15) is 14.4 Å². The number of anilines is 1. The number of ether oxygens (including phenoxy) is 1. The van der Waals surface area contributed by atoms with Crippen molar-refractivity contribution in [1.29, 1.82) is 0 Å². The molecule has 3 fully saturated rings. The zero-order valence-corrected chi connectivity index (χ0v) is 16.2. The Hall–Kier alpha value is -2.37. The number of nitrogens with one attached hydrogen (secondary N) is 1. The van der Waals surface area contributed by atoms with Crippen LogP contribution in [0.5, 0.6) is 0 Å². The molecule has 1 aromatic carbocycles. The van der Waals surface area contributed by atoms with E-state index in [1.165, 1.54) is 6.42 Å².